The van der Waals surface area contributed by atoms with Crippen molar-refractivity contribution in [1.29, 1.82) is 0 Å². The smallest absolute Gasteiger partial charge is 0.338 e. The highest BCUT2D eigenvalue weighted by molar-refractivity contribution is 6.04. The first-order chi connectivity index (χ1) is 9.02. The highest BCUT2D eigenvalue weighted by atomic mass is 16.4. The number of hydrogen-bond donors (Lipinski definition) is 2. The van der Waals surface area contributed by atoms with Gasteiger partial charge in [-0.3, -0.25) is 9.78 Å². The molecule has 0 bridgehead atoms. The van der Waals surface area contributed by atoms with Crippen LogP contribution in [-0.4, -0.2) is 28.5 Å². The lowest BCUT2D eigenvalue weighted by Gasteiger charge is -2.23. The zero-order valence-electron chi connectivity index (χ0n) is 11.0. The van der Waals surface area contributed by atoms with Crippen LogP contribution in [-0.2, 0) is 0 Å². The van der Waals surface area contributed by atoms with Gasteiger partial charge in [0, 0.05) is 18.9 Å². The number of rotatable bonds is 4. The van der Waals surface area contributed by atoms with Gasteiger partial charge in [-0.05, 0) is 24.3 Å². The molecule has 1 saturated carbocycles. The minimum absolute atomic E-state index is 0.0587. The second-order valence-electron chi connectivity index (χ2n) is 5.43. The highest BCUT2D eigenvalue weighted by Crippen LogP contribution is 2.36. The quantitative estimate of drug-likeness (QED) is 0.870. The molecule has 0 spiro atoms. The normalized spacial score (nSPS) is 17.1. The number of carboxylic acids is 1. The van der Waals surface area contributed by atoms with Crippen molar-refractivity contribution < 1.29 is 14.7 Å². The number of pyridine rings is 1. The second kappa shape index (κ2) is 5.38. The average molecular weight is 262 g/mol. The first kappa shape index (κ1) is 13.5. The molecule has 1 aromatic rings. The fourth-order valence-corrected chi connectivity index (χ4v) is 2.56. The number of amides is 1. The lowest BCUT2D eigenvalue weighted by atomic mass is 9.89. The largest absolute Gasteiger partial charge is 0.478 e. The minimum atomic E-state index is -1.13. The van der Waals surface area contributed by atoms with E-state index in [9.17, 15) is 9.59 Å². The molecule has 1 aliphatic carbocycles. The Hall–Kier alpha value is -1.91. The lowest BCUT2D eigenvalue weighted by Crippen LogP contribution is -2.34. The van der Waals surface area contributed by atoms with Gasteiger partial charge in [-0.1, -0.05) is 19.8 Å². The van der Waals surface area contributed by atoms with Gasteiger partial charge in [0.25, 0.3) is 5.91 Å². The first-order valence-electron chi connectivity index (χ1n) is 6.47. The maximum absolute atomic E-state index is 12.1. The van der Waals surface area contributed by atoms with Crippen molar-refractivity contribution in [2.24, 2.45) is 5.41 Å². The van der Waals surface area contributed by atoms with Gasteiger partial charge >= 0.3 is 5.97 Å². The van der Waals surface area contributed by atoms with Crippen LogP contribution in [0.15, 0.2) is 18.5 Å². The van der Waals surface area contributed by atoms with Crippen molar-refractivity contribution in [3.8, 4) is 0 Å². The molecule has 5 heteroatoms. The monoisotopic (exact) mass is 262 g/mol. The number of carboxylic acid groups (broad SMARTS) is 1. The van der Waals surface area contributed by atoms with Crippen LogP contribution in [0.1, 0.15) is 53.3 Å². The van der Waals surface area contributed by atoms with Crippen LogP contribution in [0, 0.1) is 5.41 Å². The lowest BCUT2D eigenvalue weighted by molar-refractivity contribution is 0.0690. The molecule has 2 N–H and O–H groups in total. The molecule has 0 radical (unpaired) electrons. The van der Waals surface area contributed by atoms with Gasteiger partial charge in [0.2, 0.25) is 0 Å². The summed E-state index contributed by atoms with van der Waals surface area (Å²) in [5.74, 6) is -1.47. The van der Waals surface area contributed by atoms with Crippen molar-refractivity contribution in [2.45, 2.75) is 32.6 Å². The number of nitrogens with zero attached hydrogens (tertiary/aromatic N) is 1. The van der Waals surface area contributed by atoms with Gasteiger partial charge in [-0.15, -0.1) is 0 Å². The van der Waals surface area contributed by atoms with Crippen LogP contribution in [0.2, 0.25) is 0 Å². The Morgan fingerprint density at radius 2 is 2.05 bits per heavy atom. The molecule has 19 heavy (non-hydrogen) atoms. The molecule has 1 fully saturated rings. The Labute approximate surface area is 112 Å². The Morgan fingerprint density at radius 3 is 2.68 bits per heavy atom. The maximum atomic E-state index is 12.1. The van der Waals surface area contributed by atoms with E-state index in [0.29, 0.717) is 6.54 Å². The van der Waals surface area contributed by atoms with E-state index >= 15 is 0 Å². The van der Waals surface area contributed by atoms with Crippen molar-refractivity contribution in [3.63, 3.8) is 0 Å². The van der Waals surface area contributed by atoms with Crippen LogP contribution >= 0.6 is 0 Å². The summed E-state index contributed by atoms with van der Waals surface area (Å²) in [6, 6.07) is 1.44. The van der Waals surface area contributed by atoms with Gasteiger partial charge in [-0.25, -0.2) is 4.79 Å². The van der Waals surface area contributed by atoms with E-state index in [1.54, 1.807) is 0 Å². The van der Waals surface area contributed by atoms with Gasteiger partial charge in [0.1, 0.15) is 0 Å². The number of nitrogens with one attached hydrogen (secondary N) is 1. The SMILES string of the molecule is CC1(CNC(=O)c2ccncc2C(=O)O)CCCC1. The summed E-state index contributed by atoms with van der Waals surface area (Å²) in [5.41, 5.74) is 0.257. The number of hydrogen-bond acceptors (Lipinski definition) is 3. The zero-order chi connectivity index (χ0) is 13.9. The van der Waals surface area contributed by atoms with Gasteiger partial charge < -0.3 is 10.4 Å². The Balaban J connectivity index is 2.06. The third kappa shape index (κ3) is 3.10. The molecule has 1 aromatic heterocycles. The van der Waals surface area contributed by atoms with Crippen LogP contribution in [0.25, 0.3) is 0 Å². The summed E-state index contributed by atoms with van der Waals surface area (Å²) in [6.07, 6.45) is 7.24. The van der Waals surface area contributed by atoms with E-state index in [1.165, 1.54) is 31.3 Å². The average Bonchev–Trinajstić information content (AvgIpc) is 2.83. The number of aromatic carboxylic acids is 1. The Morgan fingerprint density at radius 1 is 1.37 bits per heavy atom. The Kier molecular flexibility index (Phi) is 3.83. The zero-order valence-corrected chi connectivity index (χ0v) is 11.0. The Bertz CT molecular complexity index is 493. The fourth-order valence-electron chi connectivity index (χ4n) is 2.56. The molecule has 5 nitrogen and oxygen atoms in total. The highest BCUT2D eigenvalue weighted by Gasteiger charge is 2.29. The molecule has 102 valence electrons. The van der Waals surface area contributed by atoms with E-state index in [0.717, 1.165) is 12.8 Å². The van der Waals surface area contributed by atoms with Crippen molar-refractivity contribution >= 4 is 11.9 Å². The maximum Gasteiger partial charge on any atom is 0.338 e. The molecule has 0 aromatic carbocycles. The summed E-state index contributed by atoms with van der Waals surface area (Å²) in [4.78, 5) is 26.8. The van der Waals surface area contributed by atoms with Crippen LogP contribution in [0.5, 0.6) is 0 Å². The van der Waals surface area contributed by atoms with Crippen molar-refractivity contribution in [3.05, 3.63) is 29.6 Å². The van der Waals surface area contributed by atoms with Crippen LogP contribution < -0.4 is 5.32 Å². The van der Waals surface area contributed by atoms with Crippen LogP contribution in [0.4, 0.5) is 0 Å². The summed E-state index contributed by atoms with van der Waals surface area (Å²) >= 11 is 0. The molecule has 0 saturated heterocycles. The van der Waals surface area contributed by atoms with Crippen molar-refractivity contribution in [2.75, 3.05) is 6.54 Å². The molecular formula is C14H18N2O3. The molecule has 0 unspecified atom stereocenters. The van der Waals surface area contributed by atoms with Crippen molar-refractivity contribution in [1.82, 2.24) is 10.3 Å². The van der Waals surface area contributed by atoms with E-state index in [2.05, 4.69) is 17.2 Å². The van der Waals surface area contributed by atoms with E-state index in [4.69, 9.17) is 5.11 Å². The predicted molar refractivity (Wildman–Crippen MR) is 70.1 cm³/mol. The molecule has 0 atom stereocenters. The van der Waals surface area contributed by atoms with E-state index < -0.39 is 5.97 Å². The van der Waals surface area contributed by atoms with Gasteiger partial charge in [-0.2, -0.15) is 0 Å². The molecule has 1 aliphatic rings. The molecule has 1 amide bonds. The summed E-state index contributed by atoms with van der Waals surface area (Å²) < 4.78 is 0. The summed E-state index contributed by atoms with van der Waals surface area (Å²) in [6.45, 7) is 2.75. The van der Waals surface area contributed by atoms with Gasteiger partial charge in [0.05, 0.1) is 11.1 Å². The van der Waals surface area contributed by atoms with E-state index in [-0.39, 0.29) is 22.4 Å². The number of aromatic nitrogens is 1. The predicted octanol–water partition coefficient (Wildman–Crippen LogP) is 2.09. The topological polar surface area (TPSA) is 79.3 Å². The standard InChI is InChI=1S/C14H18N2O3/c1-14(5-2-3-6-14)9-16-12(17)10-4-7-15-8-11(10)13(18)19/h4,7-8H,2-3,5-6,9H2,1H3,(H,16,17)(H,18,19). The number of carbonyl (C=O) groups is 2. The molecule has 1 heterocycles. The molecular weight excluding hydrogens is 244 g/mol. The third-order valence-corrected chi connectivity index (χ3v) is 3.78. The molecule has 0 aliphatic heterocycles. The fraction of sp³-hybridized carbons (Fsp3) is 0.500. The second-order valence-corrected chi connectivity index (χ2v) is 5.43. The summed E-state index contributed by atoms with van der Waals surface area (Å²) in [7, 11) is 0. The minimum Gasteiger partial charge on any atom is -0.478 e. The summed E-state index contributed by atoms with van der Waals surface area (Å²) in [5, 5.41) is 11.9. The van der Waals surface area contributed by atoms with Gasteiger partial charge in [0.15, 0.2) is 0 Å². The number of carbonyl (C=O) groups excluding carboxylic acids is 1. The van der Waals surface area contributed by atoms with Crippen LogP contribution in [0.3, 0.4) is 0 Å². The van der Waals surface area contributed by atoms with E-state index in [1.807, 2.05) is 0 Å². The molecule has 2 rings (SSSR count). The first-order valence-corrected chi connectivity index (χ1v) is 6.47. The third-order valence-electron chi connectivity index (χ3n) is 3.78.